The number of fused-ring (bicyclic) bond motifs is 6. The fraction of sp³-hybridized carbons (Fsp3) is 0.828. The minimum Gasteiger partial charge on any atom is -0.268 e. The predicted octanol–water partition coefficient (Wildman–Crippen LogP) is 7.68. The van der Waals surface area contributed by atoms with Crippen molar-refractivity contribution in [1.82, 2.24) is 9.78 Å². The first-order valence-corrected chi connectivity index (χ1v) is 13.5. The van der Waals surface area contributed by atoms with Gasteiger partial charge in [0, 0.05) is 7.05 Å². The number of allylic oxidation sites excluding steroid dienone is 1. The van der Waals surface area contributed by atoms with Crippen LogP contribution in [0.3, 0.4) is 0 Å². The average Bonchev–Trinajstić information content (AvgIpc) is 3.25. The predicted molar refractivity (Wildman–Crippen MR) is 131 cm³/mol. The molecule has 0 aromatic carbocycles. The van der Waals surface area contributed by atoms with Gasteiger partial charge in [0.2, 0.25) is 0 Å². The van der Waals surface area contributed by atoms with Gasteiger partial charge in [0.15, 0.2) is 0 Å². The second-order valence-corrected chi connectivity index (χ2v) is 12.9. The molecule has 3 saturated carbocycles. The summed E-state index contributed by atoms with van der Waals surface area (Å²) in [6.45, 7) is 12.7. The van der Waals surface area contributed by atoms with E-state index in [-0.39, 0.29) is 0 Å². The normalized spacial score (nSPS) is 40.0. The van der Waals surface area contributed by atoms with Crippen LogP contribution >= 0.6 is 0 Å². The molecule has 4 aliphatic rings. The first kappa shape index (κ1) is 21.8. The zero-order chi connectivity index (χ0) is 22.0. The molecule has 2 heteroatoms. The van der Waals surface area contributed by atoms with Crippen molar-refractivity contribution in [3.8, 4) is 0 Å². The maximum absolute atomic E-state index is 4.59. The summed E-state index contributed by atoms with van der Waals surface area (Å²) in [5, 5.41) is 4.59. The highest BCUT2D eigenvalue weighted by atomic mass is 15.3. The Balaban J connectivity index is 1.35. The van der Waals surface area contributed by atoms with Gasteiger partial charge in [-0.2, -0.15) is 5.10 Å². The van der Waals surface area contributed by atoms with Gasteiger partial charge in [0.05, 0.1) is 11.9 Å². The van der Waals surface area contributed by atoms with Gasteiger partial charge >= 0.3 is 0 Å². The molecule has 31 heavy (non-hydrogen) atoms. The van der Waals surface area contributed by atoms with Gasteiger partial charge in [-0.25, -0.2) is 0 Å². The Labute approximate surface area is 191 Å². The molecule has 0 radical (unpaired) electrons. The quantitative estimate of drug-likeness (QED) is 0.476. The van der Waals surface area contributed by atoms with E-state index in [1.54, 1.807) is 5.57 Å². The van der Waals surface area contributed by atoms with Crippen molar-refractivity contribution >= 4 is 6.08 Å². The van der Waals surface area contributed by atoms with Crippen molar-refractivity contribution < 1.29 is 0 Å². The van der Waals surface area contributed by atoms with E-state index in [0.29, 0.717) is 10.8 Å². The average molecular weight is 423 g/mol. The Morgan fingerprint density at radius 2 is 1.87 bits per heavy atom. The molecule has 0 amide bonds. The molecule has 1 aromatic rings. The highest BCUT2D eigenvalue weighted by Gasteiger charge is 2.59. The van der Waals surface area contributed by atoms with E-state index in [4.69, 9.17) is 0 Å². The van der Waals surface area contributed by atoms with E-state index in [1.165, 1.54) is 75.5 Å². The highest BCUT2D eigenvalue weighted by molar-refractivity contribution is 5.59. The van der Waals surface area contributed by atoms with Crippen LogP contribution in [0.15, 0.2) is 11.8 Å². The number of nitrogens with zero attached hydrogens (tertiary/aromatic N) is 2. The highest BCUT2D eigenvalue weighted by Crippen LogP contribution is 2.67. The van der Waals surface area contributed by atoms with Crippen molar-refractivity contribution in [3.05, 3.63) is 23.0 Å². The van der Waals surface area contributed by atoms with Gasteiger partial charge in [-0.15, -0.1) is 0 Å². The molecular formula is C29H46N2. The molecule has 4 aliphatic carbocycles. The lowest BCUT2D eigenvalue weighted by Crippen LogP contribution is -2.51. The van der Waals surface area contributed by atoms with Crippen LogP contribution in [-0.2, 0) is 13.5 Å². The molecule has 5 rings (SSSR count). The number of hydrogen-bond donors (Lipinski definition) is 0. The molecule has 3 fully saturated rings. The molecule has 0 bridgehead atoms. The van der Waals surface area contributed by atoms with Gasteiger partial charge in [0.25, 0.3) is 0 Å². The van der Waals surface area contributed by atoms with E-state index in [0.717, 1.165) is 35.5 Å². The maximum atomic E-state index is 4.59. The summed E-state index contributed by atoms with van der Waals surface area (Å²) < 4.78 is 2.09. The summed E-state index contributed by atoms with van der Waals surface area (Å²) in [5.74, 6) is 5.54. The molecule has 3 unspecified atom stereocenters. The molecule has 1 heterocycles. The summed E-state index contributed by atoms with van der Waals surface area (Å²) >= 11 is 0. The van der Waals surface area contributed by atoms with E-state index in [1.807, 2.05) is 0 Å². The molecule has 2 nitrogen and oxygen atoms in total. The second-order valence-electron chi connectivity index (χ2n) is 12.9. The molecule has 0 N–H and O–H groups in total. The van der Waals surface area contributed by atoms with Crippen molar-refractivity contribution in [2.75, 3.05) is 0 Å². The maximum Gasteiger partial charge on any atom is 0.0638 e. The smallest absolute Gasteiger partial charge is 0.0638 e. The summed E-state index contributed by atoms with van der Waals surface area (Å²) in [5.41, 5.74) is 5.59. The summed E-state index contributed by atoms with van der Waals surface area (Å²) in [6, 6.07) is 0. The fourth-order valence-electron chi connectivity index (χ4n) is 9.21. The Hall–Kier alpha value is -1.05. The van der Waals surface area contributed by atoms with Gasteiger partial charge in [-0.05, 0) is 103 Å². The van der Waals surface area contributed by atoms with Crippen molar-refractivity contribution in [3.63, 3.8) is 0 Å². The Kier molecular flexibility index (Phi) is 5.46. The van der Waals surface area contributed by atoms with Gasteiger partial charge in [-0.3, -0.25) is 4.68 Å². The molecular weight excluding hydrogens is 376 g/mol. The molecule has 7 atom stereocenters. The van der Waals surface area contributed by atoms with Crippen LogP contribution in [0.2, 0.25) is 0 Å². The number of aryl methyl sites for hydroxylation is 1. The molecule has 0 saturated heterocycles. The Morgan fingerprint density at radius 1 is 1.06 bits per heavy atom. The van der Waals surface area contributed by atoms with E-state index in [2.05, 4.69) is 63.7 Å². The minimum atomic E-state index is 0.376. The van der Waals surface area contributed by atoms with Gasteiger partial charge < -0.3 is 0 Å². The summed E-state index contributed by atoms with van der Waals surface area (Å²) in [4.78, 5) is 0. The molecule has 172 valence electrons. The molecule has 0 aliphatic heterocycles. The third-order valence-corrected chi connectivity index (χ3v) is 10.9. The first-order chi connectivity index (χ1) is 14.7. The zero-order valence-corrected chi connectivity index (χ0v) is 21.1. The van der Waals surface area contributed by atoms with Gasteiger partial charge in [0.1, 0.15) is 0 Å². The van der Waals surface area contributed by atoms with E-state index < -0.39 is 0 Å². The fourth-order valence-corrected chi connectivity index (χ4v) is 9.21. The van der Waals surface area contributed by atoms with Crippen molar-refractivity contribution in [1.29, 1.82) is 0 Å². The topological polar surface area (TPSA) is 17.8 Å². The van der Waals surface area contributed by atoms with Crippen LogP contribution in [0, 0.1) is 46.3 Å². The van der Waals surface area contributed by atoms with Gasteiger partial charge in [-0.1, -0.05) is 59.5 Å². The third-order valence-electron chi connectivity index (χ3n) is 10.9. The summed E-state index contributed by atoms with van der Waals surface area (Å²) in [6.07, 6.45) is 18.9. The lowest BCUT2D eigenvalue weighted by atomic mass is 9.46. The summed E-state index contributed by atoms with van der Waals surface area (Å²) in [7, 11) is 2.11. The monoisotopic (exact) mass is 422 g/mol. The van der Waals surface area contributed by atoms with Crippen LogP contribution in [0.5, 0.6) is 0 Å². The Bertz CT molecular complexity index is 847. The lowest BCUT2D eigenvalue weighted by Gasteiger charge is -2.58. The SMILES string of the molecule is CC(C)CCC[C@@H](C)[C@H]1CCC2C3CCC4=Cc5c(cnn5C)C[C@]4(C)C3CC[C@@]21C. The number of rotatable bonds is 5. The molecule has 0 spiro atoms. The standard InChI is InChI=1S/C29H46N2/c1-19(2)8-7-9-20(3)24-12-13-25-23-11-10-22-16-27-21(18-30-31(27)6)17-29(22,5)26(23)14-15-28(24,25)4/h16,18-20,23-26H,7-15,17H2,1-6H3/t20-,23?,24-,25?,26?,28-,29+/m1/s1. The van der Waals surface area contributed by atoms with Crippen LogP contribution in [0.1, 0.15) is 104 Å². The first-order valence-electron chi connectivity index (χ1n) is 13.5. The second kappa shape index (κ2) is 7.77. The van der Waals surface area contributed by atoms with Crippen LogP contribution < -0.4 is 0 Å². The molecule has 1 aromatic heterocycles. The Morgan fingerprint density at radius 3 is 2.65 bits per heavy atom. The number of aromatic nitrogens is 2. The zero-order valence-electron chi connectivity index (χ0n) is 21.1. The van der Waals surface area contributed by atoms with Crippen molar-refractivity contribution in [2.24, 2.45) is 53.4 Å². The minimum absolute atomic E-state index is 0.376. The third kappa shape index (κ3) is 3.37. The van der Waals surface area contributed by atoms with Crippen LogP contribution in [0.4, 0.5) is 0 Å². The number of hydrogen-bond acceptors (Lipinski definition) is 1. The van der Waals surface area contributed by atoms with E-state index in [9.17, 15) is 0 Å². The lowest BCUT2D eigenvalue weighted by molar-refractivity contribution is -0.0550. The van der Waals surface area contributed by atoms with E-state index >= 15 is 0 Å². The largest absolute Gasteiger partial charge is 0.268 e. The van der Waals surface area contributed by atoms with Crippen molar-refractivity contribution in [2.45, 2.75) is 98.8 Å². The van der Waals surface area contributed by atoms with Crippen LogP contribution in [0.25, 0.3) is 6.08 Å². The van der Waals surface area contributed by atoms with Crippen LogP contribution in [-0.4, -0.2) is 9.78 Å².